The third-order valence-corrected chi connectivity index (χ3v) is 2.58. The lowest BCUT2D eigenvalue weighted by Gasteiger charge is -2.02. The van der Waals surface area contributed by atoms with Crippen molar-refractivity contribution in [3.05, 3.63) is 59.9 Å². The maximum Gasteiger partial charge on any atom is 0.0406 e. The lowest BCUT2D eigenvalue weighted by Crippen LogP contribution is -1.88. The van der Waals surface area contributed by atoms with Gasteiger partial charge in [0, 0.05) is 18.9 Å². The quantitative estimate of drug-likeness (QED) is 0.693. The first-order valence-corrected chi connectivity index (χ1v) is 5.12. The molecule has 0 aliphatic carbocycles. The molecule has 0 saturated heterocycles. The minimum atomic E-state index is 1.23. The van der Waals surface area contributed by atoms with E-state index in [1.807, 2.05) is 6.07 Å². The van der Waals surface area contributed by atoms with Crippen molar-refractivity contribution >= 4 is 11.6 Å². The zero-order valence-electron chi connectivity index (χ0n) is 9.14. The van der Waals surface area contributed by atoms with Crippen LogP contribution in [0.4, 0.5) is 0 Å². The van der Waals surface area contributed by atoms with Gasteiger partial charge in [0.05, 0.1) is 0 Å². The van der Waals surface area contributed by atoms with Crippen molar-refractivity contribution in [2.24, 2.45) is 7.05 Å². The highest BCUT2D eigenvalue weighted by Crippen LogP contribution is 2.16. The molecule has 1 heteroatoms. The molecule has 0 spiro atoms. The number of aromatic nitrogens is 1. The van der Waals surface area contributed by atoms with E-state index in [4.69, 9.17) is 0 Å². The zero-order chi connectivity index (χ0) is 10.7. The average Bonchev–Trinajstić information content (AvgIpc) is 2.66. The molecule has 0 fully saturated rings. The van der Waals surface area contributed by atoms with E-state index >= 15 is 0 Å². The minimum Gasteiger partial charge on any atom is -0.351 e. The smallest absolute Gasteiger partial charge is 0.0406 e. The molecule has 0 N–H and O–H groups in total. The van der Waals surface area contributed by atoms with Gasteiger partial charge in [0.15, 0.2) is 0 Å². The molecule has 1 aromatic carbocycles. The van der Waals surface area contributed by atoms with E-state index in [0.717, 1.165) is 0 Å². The molecule has 0 atom stereocenters. The van der Waals surface area contributed by atoms with Gasteiger partial charge in [-0.1, -0.05) is 30.3 Å². The monoisotopic (exact) mass is 197 g/mol. The van der Waals surface area contributed by atoms with E-state index in [0.29, 0.717) is 0 Å². The van der Waals surface area contributed by atoms with Crippen molar-refractivity contribution in [1.82, 2.24) is 4.57 Å². The highest BCUT2D eigenvalue weighted by molar-refractivity contribution is 5.79. The van der Waals surface area contributed by atoms with E-state index in [-0.39, 0.29) is 0 Å². The Kier molecular flexibility index (Phi) is 2.72. The molecule has 0 unspecified atom stereocenters. The second-order valence-electron chi connectivity index (χ2n) is 3.74. The highest BCUT2D eigenvalue weighted by atomic mass is 14.9. The lowest BCUT2D eigenvalue weighted by molar-refractivity contribution is 0.915. The fourth-order valence-electron chi connectivity index (χ4n) is 1.63. The van der Waals surface area contributed by atoms with Gasteiger partial charge in [-0.3, -0.25) is 0 Å². The van der Waals surface area contributed by atoms with Crippen LogP contribution in [0, 0.1) is 0 Å². The van der Waals surface area contributed by atoms with Crippen molar-refractivity contribution in [2.45, 2.75) is 6.92 Å². The van der Waals surface area contributed by atoms with Crippen LogP contribution in [0.2, 0.25) is 0 Å². The molecule has 0 amide bonds. The van der Waals surface area contributed by atoms with Crippen LogP contribution in [0.15, 0.2) is 48.7 Å². The summed E-state index contributed by atoms with van der Waals surface area (Å²) in [5, 5.41) is 0. The largest absolute Gasteiger partial charge is 0.351 e. The Morgan fingerprint density at radius 2 is 1.80 bits per heavy atom. The SMILES string of the molecule is C/C(=C\c1cccn1C)c1ccccc1. The molecule has 2 rings (SSSR count). The van der Waals surface area contributed by atoms with E-state index in [9.17, 15) is 0 Å². The number of nitrogens with zero attached hydrogens (tertiary/aromatic N) is 1. The predicted molar refractivity (Wildman–Crippen MR) is 65.4 cm³/mol. The first kappa shape index (κ1) is 9.78. The molecule has 15 heavy (non-hydrogen) atoms. The van der Waals surface area contributed by atoms with E-state index in [1.54, 1.807) is 0 Å². The maximum atomic E-state index is 2.20. The highest BCUT2D eigenvalue weighted by Gasteiger charge is 1.96. The second-order valence-corrected chi connectivity index (χ2v) is 3.74. The van der Waals surface area contributed by atoms with Crippen molar-refractivity contribution in [3.8, 4) is 0 Å². The molecular formula is C14H15N. The summed E-state index contributed by atoms with van der Waals surface area (Å²) in [6.07, 6.45) is 4.26. The van der Waals surface area contributed by atoms with Crippen LogP contribution in [0.25, 0.3) is 11.6 Å². The zero-order valence-corrected chi connectivity index (χ0v) is 9.14. The molecule has 0 aliphatic rings. The minimum absolute atomic E-state index is 1.23. The van der Waals surface area contributed by atoms with Crippen LogP contribution < -0.4 is 0 Å². The number of aryl methyl sites for hydroxylation is 1. The molecule has 1 heterocycles. The Labute approximate surface area is 90.7 Å². The normalized spacial score (nSPS) is 11.7. The first-order chi connectivity index (χ1) is 7.27. The summed E-state index contributed by atoms with van der Waals surface area (Å²) >= 11 is 0. The van der Waals surface area contributed by atoms with Crippen LogP contribution >= 0.6 is 0 Å². The molecule has 0 aliphatic heterocycles. The third kappa shape index (κ3) is 2.18. The van der Waals surface area contributed by atoms with Gasteiger partial charge in [-0.05, 0) is 36.3 Å². The molecule has 76 valence electrons. The Morgan fingerprint density at radius 1 is 1.07 bits per heavy atom. The van der Waals surface area contributed by atoms with Crippen LogP contribution in [0.5, 0.6) is 0 Å². The van der Waals surface area contributed by atoms with Gasteiger partial charge in [0.25, 0.3) is 0 Å². The van der Waals surface area contributed by atoms with Gasteiger partial charge >= 0.3 is 0 Å². The van der Waals surface area contributed by atoms with Crippen LogP contribution in [-0.4, -0.2) is 4.57 Å². The summed E-state index contributed by atoms with van der Waals surface area (Å²) in [5.41, 5.74) is 3.80. The summed E-state index contributed by atoms with van der Waals surface area (Å²) < 4.78 is 2.12. The molecule has 1 aromatic heterocycles. The Hall–Kier alpha value is -1.76. The van der Waals surface area contributed by atoms with Crippen molar-refractivity contribution in [2.75, 3.05) is 0 Å². The molecule has 0 saturated carbocycles. The standard InChI is InChI=1S/C14H15N/c1-12(13-7-4-3-5-8-13)11-14-9-6-10-15(14)2/h3-11H,1-2H3/b12-11+. The van der Waals surface area contributed by atoms with Crippen molar-refractivity contribution in [3.63, 3.8) is 0 Å². The van der Waals surface area contributed by atoms with Gasteiger partial charge in [0.2, 0.25) is 0 Å². The molecule has 0 bridgehead atoms. The van der Waals surface area contributed by atoms with E-state index in [1.165, 1.54) is 16.8 Å². The summed E-state index contributed by atoms with van der Waals surface area (Å²) in [5.74, 6) is 0. The number of hydrogen-bond acceptors (Lipinski definition) is 0. The molecule has 1 nitrogen and oxygen atoms in total. The van der Waals surface area contributed by atoms with Gasteiger partial charge in [-0.15, -0.1) is 0 Å². The predicted octanol–water partition coefficient (Wildman–Crippen LogP) is 3.59. The lowest BCUT2D eigenvalue weighted by atomic mass is 10.1. The van der Waals surface area contributed by atoms with E-state index < -0.39 is 0 Å². The Balaban J connectivity index is 2.33. The van der Waals surface area contributed by atoms with Crippen molar-refractivity contribution < 1.29 is 0 Å². The van der Waals surface area contributed by atoms with Crippen LogP contribution in [-0.2, 0) is 7.05 Å². The number of rotatable bonds is 2. The average molecular weight is 197 g/mol. The third-order valence-electron chi connectivity index (χ3n) is 2.58. The van der Waals surface area contributed by atoms with Gasteiger partial charge in [0.1, 0.15) is 0 Å². The van der Waals surface area contributed by atoms with Gasteiger partial charge < -0.3 is 4.57 Å². The molecule has 2 aromatic rings. The van der Waals surface area contributed by atoms with Gasteiger partial charge in [-0.25, -0.2) is 0 Å². The Morgan fingerprint density at radius 3 is 2.40 bits per heavy atom. The second kappa shape index (κ2) is 4.18. The van der Waals surface area contributed by atoms with Gasteiger partial charge in [-0.2, -0.15) is 0 Å². The number of allylic oxidation sites excluding steroid dienone is 1. The number of benzene rings is 1. The fraction of sp³-hybridized carbons (Fsp3) is 0.143. The molecular weight excluding hydrogens is 182 g/mol. The van der Waals surface area contributed by atoms with Crippen molar-refractivity contribution in [1.29, 1.82) is 0 Å². The fourth-order valence-corrected chi connectivity index (χ4v) is 1.63. The summed E-state index contributed by atoms with van der Waals surface area (Å²) in [6, 6.07) is 14.6. The maximum absolute atomic E-state index is 2.20. The topological polar surface area (TPSA) is 4.93 Å². The van der Waals surface area contributed by atoms with Crippen LogP contribution in [0.3, 0.4) is 0 Å². The number of hydrogen-bond donors (Lipinski definition) is 0. The summed E-state index contributed by atoms with van der Waals surface area (Å²) in [6.45, 7) is 2.14. The Bertz CT molecular complexity index is 463. The summed E-state index contributed by atoms with van der Waals surface area (Å²) in [7, 11) is 2.06. The summed E-state index contributed by atoms with van der Waals surface area (Å²) in [4.78, 5) is 0. The molecule has 0 radical (unpaired) electrons. The first-order valence-electron chi connectivity index (χ1n) is 5.12. The van der Waals surface area contributed by atoms with E-state index in [2.05, 4.69) is 67.2 Å². The van der Waals surface area contributed by atoms with Crippen LogP contribution in [0.1, 0.15) is 18.2 Å².